The summed E-state index contributed by atoms with van der Waals surface area (Å²) in [5.41, 5.74) is 2.60. The van der Waals surface area contributed by atoms with Crippen LogP contribution in [-0.2, 0) is 0 Å². The van der Waals surface area contributed by atoms with Gasteiger partial charge in [-0.15, -0.1) is 0 Å². The second-order valence-electron chi connectivity index (χ2n) is 5.19. The first kappa shape index (κ1) is 14.2. The number of aliphatic hydroxyl groups is 1. The van der Waals surface area contributed by atoms with E-state index in [4.69, 9.17) is 0 Å². The van der Waals surface area contributed by atoms with Crippen LogP contribution in [0.25, 0.3) is 0 Å². The molecule has 0 spiro atoms. The van der Waals surface area contributed by atoms with Crippen LogP contribution in [0.2, 0.25) is 0 Å². The number of nitrogens with one attached hydrogen (secondary N) is 1. The van der Waals surface area contributed by atoms with E-state index in [9.17, 15) is 5.11 Å². The molecule has 0 aliphatic carbocycles. The molecule has 1 aromatic rings. The molecule has 0 saturated heterocycles. The molecule has 2 N–H and O–H groups in total. The largest absolute Gasteiger partial charge is 0.393 e. The van der Waals surface area contributed by atoms with Crippen LogP contribution in [0.1, 0.15) is 44.4 Å². The van der Waals surface area contributed by atoms with Crippen molar-refractivity contribution in [2.24, 2.45) is 5.92 Å². The molecule has 0 fully saturated rings. The molecule has 0 saturated carbocycles. The summed E-state index contributed by atoms with van der Waals surface area (Å²) in [7, 11) is 0. The zero-order valence-electron chi connectivity index (χ0n) is 11.4. The standard InChI is InChI=1S/C15H25NO/c1-11(2)15(17)8-9-16-13(4)14-7-5-6-12(3)10-14/h5-7,10-11,13,15-17H,8-9H2,1-4H3. The van der Waals surface area contributed by atoms with Crippen molar-refractivity contribution < 1.29 is 5.11 Å². The minimum Gasteiger partial charge on any atom is -0.393 e. The van der Waals surface area contributed by atoms with E-state index >= 15 is 0 Å². The highest BCUT2D eigenvalue weighted by molar-refractivity contribution is 5.24. The van der Waals surface area contributed by atoms with Gasteiger partial charge in [-0.1, -0.05) is 43.7 Å². The first-order valence-corrected chi connectivity index (χ1v) is 6.48. The lowest BCUT2D eigenvalue weighted by Crippen LogP contribution is -2.25. The molecule has 0 aromatic heterocycles. The maximum Gasteiger partial charge on any atom is 0.0575 e. The topological polar surface area (TPSA) is 32.3 Å². The normalized spacial score (nSPS) is 14.9. The van der Waals surface area contributed by atoms with Crippen molar-refractivity contribution in [2.45, 2.75) is 46.3 Å². The lowest BCUT2D eigenvalue weighted by molar-refractivity contribution is 0.115. The van der Waals surface area contributed by atoms with Crippen molar-refractivity contribution in [1.29, 1.82) is 0 Å². The van der Waals surface area contributed by atoms with Crippen LogP contribution in [0.3, 0.4) is 0 Å². The van der Waals surface area contributed by atoms with Gasteiger partial charge < -0.3 is 10.4 Å². The van der Waals surface area contributed by atoms with Crippen molar-refractivity contribution in [3.8, 4) is 0 Å². The Morgan fingerprint density at radius 3 is 2.53 bits per heavy atom. The monoisotopic (exact) mass is 235 g/mol. The average molecular weight is 235 g/mol. The number of hydrogen-bond acceptors (Lipinski definition) is 2. The van der Waals surface area contributed by atoms with Gasteiger partial charge in [-0.2, -0.15) is 0 Å². The fraction of sp³-hybridized carbons (Fsp3) is 0.600. The summed E-state index contributed by atoms with van der Waals surface area (Å²) in [6, 6.07) is 8.89. The highest BCUT2D eigenvalue weighted by atomic mass is 16.3. The van der Waals surface area contributed by atoms with Crippen LogP contribution in [0, 0.1) is 12.8 Å². The van der Waals surface area contributed by atoms with Crippen molar-refractivity contribution >= 4 is 0 Å². The van der Waals surface area contributed by atoms with Crippen molar-refractivity contribution in [2.75, 3.05) is 6.54 Å². The summed E-state index contributed by atoms with van der Waals surface area (Å²) in [5, 5.41) is 13.2. The lowest BCUT2D eigenvalue weighted by Gasteiger charge is -2.18. The van der Waals surface area contributed by atoms with Gasteiger partial charge in [-0.25, -0.2) is 0 Å². The summed E-state index contributed by atoms with van der Waals surface area (Å²) in [4.78, 5) is 0. The molecule has 2 nitrogen and oxygen atoms in total. The molecule has 1 aromatic carbocycles. The number of rotatable bonds is 6. The molecule has 0 amide bonds. The Morgan fingerprint density at radius 2 is 1.94 bits per heavy atom. The van der Waals surface area contributed by atoms with Crippen molar-refractivity contribution in [3.05, 3.63) is 35.4 Å². The molecule has 0 heterocycles. The first-order valence-electron chi connectivity index (χ1n) is 6.48. The molecule has 0 bridgehead atoms. The molecule has 0 radical (unpaired) electrons. The van der Waals surface area contributed by atoms with E-state index in [1.807, 2.05) is 0 Å². The molecule has 17 heavy (non-hydrogen) atoms. The Kier molecular flexibility index (Phi) is 5.66. The predicted molar refractivity (Wildman–Crippen MR) is 73.1 cm³/mol. The van der Waals surface area contributed by atoms with Gasteiger partial charge in [0.2, 0.25) is 0 Å². The maximum absolute atomic E-state index is 9.71. The van der Waals surface area contributed by atoms with E-state index in [1.165, 1.54) is 11.1 Å². The molecule has 2 heteroatoms. The lowest BCUT2D eigenvalue weighted by atomic mass is 10.0. The fourth-order valence-corrected chi connectivity index (χ4v) is 1.84. The van der Waals surface area contributed by atoms with Crippen LogP contribution < -0.4 is 5.32 Å². The van der Waals surface area contributed by atoms with E-state index in [0.717, 1.165) is 13.0 Å². The molecular weight excluding hydrogens is 210 g/mol. The van der Waals surface area contributed by atoms with Gasteiger partial charge in [0, 0.05) is 6.04 Å². The first-order chi connectivity index (χ1) is 8.00. The van der Waals surface area contributed by atoms with Crippen LogP contribution in [0.5, 0.6) is 0 Å². The van der Waals surface area contributed by atoms with Crippen LogP contribution >= 0.6 is 0 Å². The minimum atomic E-state index is -0.202. The van der Waals surface area contributed by atoms with Crippen LogP contribution in [0.4, 0.5) is 0 Å². The van der Waals surface area contributed by atoms with Gasteiger partial charge in [-0.3, -0.25) is 0 Å². The molecule has 2 atom stereocenters. The van der Waals surface area contributed by atoms with Gasteiger partial charge in [-0.05, 0) is 38.3 Å². The molecule has 96 valence electrons. The van der Waals surface area contributed by atoms with E-state index in [1.54, 1.807) is 0 Å². The van der Waals surface area contributed by atoms with E-state index in [0.29, 0.717) is 12.0 Å². The second kappa shape index (κ2) is 6.77. The molecule has 0 aliphatic rings. The number of aryl methyl sites for hydroxylation is 1. The molecule has 1 rings (SSSR count). The summed E-state index contributed by atoms with van der Waals surface area (Å²) < 4.78 is 0. The highest BCUT2D eigenvalue weighted by Gasteiger charge is 2.10. The maximum atomic E-state index is 9.71. The predicted octanol–water partition coefficient (Wildman–Crippen LogP) is 3.05. The Hall–Kier alpha value is -0.860. The quantitative estimate of drug-likeness (QED) is 0.794. The fourth-order valence-electron chi connectivity index (χ4n) is 1.84. The van der Waals surface area contributed by atoms with Crippen LogP contribution in [0.15, 0.2) is 24.3 Å². The van der Waals surface area contributed by atoms with Crippen molar-refractivity contribution in [3.63, 3.8) is 0 Å². The summed E-state index contributed by atoms with van der Waals surface area (Å²) in [6.07, 6.45) is 0.612. The van der Waals surface area contributed by atoms with E-state index in [2.05, 4.69) is 57.3 Å². The Balaban J connectivity index is 2.37. The molecule has 0 aliphatic heterocycles. The van der Waals surface area contributed by atoms with Gasteiger partial charge in [0.1, 0.15) is 0 Å². The molecular formula is C15H25NO. The SMILES string of the molecule is Cc1cccc(C(C)NCCC(O)C(C)C)c1. The Bertz CT molecular complexity index is 335. The third-order valence-corrected chi connectivity index (χ3v) is 3.20. The third-order valence-electron chi connectivity index (χ3n) is 3.20. The van der Waals surface area contributed by atoms with E-state index < -0.39 is 0 Å². The number of benzene rings is 1. The average Bonchev–Trinajstić information content (AvgIpc) is 2.28. The Labute approximate surface area is 105 Å². The molecule has 2 unspecified atom stereocenters. The summed E-state index contributed by atoms with van der Waals surface area (Å²) in [5.74, 6) is 0.339. The zero-order valence-corrected chi connectivity index (χ0v) is 11.4. The zero-order chi connectivity index (χ0) is 12.8. The number of hydrogen-bond donors (Lipinski definition) is 2. The number of aliphatic hydroxyl groups excluding tert-OH is 1. The second-order valence-corrected chi connectivity index (χ2v) is 5.19. The highest BCUT2D eigenvalue weighted by Crippen LogP contribution is 2.14. The van der Waals surface area contributed by atoms with Gasteiger partial charge in [0.25, 0.3) is 0 Å². The van der Waals surface area contributed by atoms with Crippen LogP contribution in [-0.4, -0.2) is 17.8 Å². The minimum absolute atomic E-state index is 0.202. The van der Waals surface area contributed by atoms with Gasteiger partial charge in [0.15, 0.2) is 0 Å². The smallest absolute Gasteiger partial charge is 0.0575 e. The third kappa shape index (κ3) is 4.88. The van der Waals surface area contributed by atoms with Gasteiger partial charge >= 0.3 is 0 Å². The van der Waals surface area contributed by atoms with Gasteiger partial charge in [0.05, 0.1) is 6.10 Å². The van der Waals surface area contributed by atoms with Crippen molar-refractivity contribution in [1.82, 2.24) is 5.32 Å². The Morgan fingerprint density at radius 1 is 1.24 bits per heavy atom. The summed E-state index contributed by atoms with van der Waals surface area (Å²) in [6.45, 7) is 9.23. The summed E-state index contributed by atoms with van der Waals surface area (Å²) >= 11 is 0. The van der Waals surface area contributed by atoms with E-state index in [-0.39, 0.29) is 6.10 Å².